The minimum atomic E-state index is -1.91. The molecule has 1 rings (SSSR count). The third kappa shape index (κ3) is 6.03. The van der Waals surface area contributed by atoms with E-state index in [2.05, 4.69) is 31.4 Å². The Morgan fingerprint density at radius 2 is 1.70 bits per heavy atom. The second-order valence-electron chi connectivity index (χ2n) is 5.23. The van der Waals surface area contributed by atoms with E-state index < -0.39 is 7.58 Å². The molecule has 0 aliphatic rings. The summed E-state index contributed by atoms with van der Waals surface area (Å²) in [7, 11) is -1.91. The summed E-state index contributed by atoms with van der Waals surface area (Å²) in [5.41, 5.74) is 0. The van der Waals surface area contributed by atoms with Crippen LogP contribution in [0.1, 0.15) is 70.1 Å². The highest BCUT2D eigenvalue weighted by Gasteiger charge is 2.35. The Kier molecular flexibility index (Phi) is 9.39. The lowest BCUT2D eigenvalue weighted by Gasteiger charge is -2.33. The molecule has 1 aromatic rings. The zero-order chi connectivity index (χ0) is 14.8. The monoisotopic (exact) mass is 334 g/mol. The van der Waals surface area contributed by atoms with Gasteiger partial charge in [0, 0.05) is 4.88 Å². The highest BCUT2D eigenvalue weighted by Crippen LogP contribution is 2.59. The standard InChI is InChI=1S/C15H27O2PS2/c1-3-5-7-11-15(20-18(16)17,12-8-6-4-2)14-10-9-13-19-14/h9-10,13,16-17H,3-8,11-12H2,1-2H3. The van der Waals surface area contributed by atoms with Gasteiger partial charge in [0.15, 0.2) is 0 Å². The van der Waals surface area contributed by atoms with Crippen molar-refractivity contribution in [3.8, 4) is 0 Å². The molecule has 0 aromatic carbocycles. The van der Waals surface area contributed by atoms with Gasteiger partial charge in [-0.05, 0) is 24.3 Å². The molecule has 0 atom stereocenters. The smallest absolute Gasteiger partial charge is 0.233 e. The Balaban J connectivity index is 2.85. The maximum atomic E-state index is 9.59. The molecule has 0 radical (unpaired) electrons. The van der Waals surface area contributed by atoms with Crippen molar-refractivity contribution in [1.29, 1.82) is 0 Å². The van der Waals surface area contributed by atoms with Crippen LogP contribution in [-0.2, 0) is 4.75 Å². The second kappa shape index (κ2) is 10.2. The van der Waals surface area contributed by atoms with Crippen LogP contribution in [0.25, 0.3) is 0 Å². The molecule has 20 heavy (non-hydrogen) atoms. The molecule has 0 bridgehead atoms. The molecular weight excluding hydrogens is 307 g/mol. The highest BCUT2D eigenvalue weighted by molar-refractivity contribution is 8.52. The van der Waals surface area contributed by atoms with E-state index in [0.717, 1.165) is 25.7 Å². The van der Waals surface area contributed by atoms with Gasteiger partial charge in [0.2, 0.25) is 7.58 Å². The van der Waals surface area contributed by atoms with Crippen molar-refractivity contribution in [3.05, 3.63) is 22.4 Å². The first-order chi connectivity index (χ1) is 9.64. The molecule has 0 unspecified atom stereocenters. The maximum absolute atomic E-state index is 9.59. The fourth-order valence-electron chi connectivity index (χ4n) is 2.52. The first-order valence-electron chi connectivity index (χ1n) is 7.55. The third-order valence-electron chi connectivity index (χ3n) is 3.59. The van der Waals surface area contributed by atoms with E-state index >= 15 is 0 Å². The summed E-state index contributed by atoms with van der Waals surface area (Å²) in [5.74, 6) is 0. The average Bonchev–Trinajstić information content (AvgIpc) is 2.92. The van der Waals surface area contributed by atoms with Gasteiger partial charge in [0.1, 0.15) is 0 Å². The molecule has 5 heteroatoms. The van der Waals surface area contributed by atoms with Crippen molar-refractivity contribution in [2.45, 2.75) is 70.0 Å². The topological polar surface area (TPSA) is 40.5 Å². The predicted molar refractivity (Wildman–Crippen MR) is 93.2 cm³/mol. The molecule has 1 aromatic heterocycles. The molecule has 0 saturated carbocycles. The highest BCUT2D eigenvalue weighted by atomic mass is 32.7. The quantitative estimate of drug-likeness (QED) is 0.382. The van der Waals surface area contributed by atoms with E-state index in [4.69, 9.17) is 0 Å². The molecule has 2 N–H and O–H groups in total. The van der Waals surface area contributed by atoms with Crippen molar-refractivity contribution >= 4 is 30.3 Å². The molecule has 0 aliphatic carbocycles. The lowest BCUT2D eigenvalue weighted by molar-refractivity contribution is 0.468. The Morgan fingerprint density at radius 1 is 1.10 bits per heavy atom. The fraction of sp³-hybridized carbons (Fsp3) is 0.733. The third-order valence-corrected chi connectivity index (χ3v) is 7.48. The lowest BCUT2D eigenvalue weighted by atomic mass is 9.92. The van der Waals surface area contributed by atoms with Gasteiger partial charge in [0.25, 0.3) is 0 Å². The summed E-state index contributed by atoms with van der Waals surface area (Å²) in [4.78, 5) is 20.5. The van der Waals surface area contributed by atoms with E-state index in [9.17, 15) is 9.79 Å². The molecule has 0 fully saturated rings. The lowest BCUT2D eigenvalue weighted by Crippen LogP contribution is -2.20. The summed E-state index contributed by atoms with van der Waals surface area (Å²) < 4.78 is -0.0896. The first-order valence-corrected chi connectivity index (χ1v) is 11.1. The Hall–Kier alpha value is 0.400. The maximum Gasteiger partial charge on any atom is 0.233 e. The summed E-state index contributed by atoms with van der Waals surface area (Å²) >= 11 is 3.15. The SMILES string of the molecule is CCCCCC(CCCCC)(SP(O)O)c1cccs1. The van der Waals surface area contributed by atoms with Crippen LogP contribution in [0.4, 0.5) is 0 Å². The van der Waals surface area contributed by atoms with Crippen LogP contribution in [0.2, 0.25) is 0 Å². The van der Waals surface area contributed by atoms with Crippen LogP contribution in [-0.4, -0.2) is 9.79 Å². The van der Waals surface area contributed by atoms with E-state index in [1.54, 1.807) is 11.3 Å². The first kappa shape index (κ1) is 18.4. The normalized spacial score (nSPS) is 12.2. The van der Waals surface area contributed by atoms with E-state index in [1.807, 2.05) is 0 Å². The van der Waals surface area contributed by atoms with Crippen LogP contribution in [0.3, 0.4) is 0 Å². The second-order valence-corrected chi connectivity index (χ2v) is 9.17. The van der Waals surface area contributed by atoms with E-state index in [0.29, 0.717) is 0 Å². The Labute approximate surface area is 132 Å². The number of hydrogen-bond acceptors (Lipinski definition) is 4. The molecule has 0 aliphatic heterocycles. The van der Waals surface area contributed by atoms with Crippen LogP contribution < -0.4 is 0 Å². The zero-order valence-electron chi connectivity index (χ0n) is 12.5. The van der Waals surface area contributed by atoms with Crippen LogP contribution in [0.5, 0.6) is 0 Å². The average molecular weight is 334 g/mol. The van der Waals surface area contributed by atoms with Gasteiger partial charge in [-0.1, -0.05) is 69.8 Å². The van der Waals surface area contributed by atoms with Gasteiger partial charge in [-0.15, -0.1) is 11.3 Å². The number of rotatable bonds is 11. The van der Waals surface area contributed by atoms with E-state index in [-0.39, 0.29) is 4.75 Å². The Bertz CT molecular complexity index is 332. The van der Waals surface area contributed by atoms with Gasteiger partial charge >= 0.3 is 0 Å². The van der Waals surface area contributed by atoms with Gasteiger partial charge in [-0.3, -0.25) is 0 Å². The summed E-state index contributed by atoms with van der Waals surface area (Å²) in [6, 6.07) is 4.24. The summed E-state index contributed by atoms with van der Waals surface area (Å²) in [5, 5.41) is 2.10. The van der Waals surface area contributed by atoms with Crippen LogP contribution in [0, 0.1) is 0 Å². The molecule has 116 valence electrons. The number of unbranched alkanes of at least 4 members (excludes halogenated alkanes) is 4. The predicted octanol–water partition coefficient (Wildman–Crippen LogP) is 6.05. The molecule has 0 spiro atoms. The molecule has 0 saturated heterocycles. The van der Waals surface area contributed by atoms with Crippen molar-refractivity contribution in [1.82, 2.24) is 0 Å². The van der Waals surface area contributed by atoms with Gasteiger partial charge < -0.3 is 9.79 Å². The minimum absolute atomic E-state index is 0.0896. The van der Waals surface area contributed by atoms with Crippen LogP contribution in [0.15, 0.2) is 17.5 Å². The molecule has 0 amide bonds. The number of thiophene rings is 1. The summed E-state index contributed by atoms with van der Waals surface area (Å²) in [6.07, 6.45) is 9.27. The van der Waals surface area contributed by atoms with Crippen molar-refractivity contribution < 1.29 is 9.79 Å². The Morgan fingerprint density at radius 3 is 2.10 bits per heavy atom. The van der Waals surface area contributed by atoms with E-state index in [1.165, 1.54) is 41.9 Å². The molecular formula is C15H27O2PS2. The van der Waals surface area contributed by atoms with Crippen LogP contribution >= 0.6 is 30.3 Å². The number of hydrogen-bond donors (Lipinski definition) is 2. The summed E-state index contributed by atoms with van der Waals surface area (Å²) in [6.45, 7) is 4.42. The largest absolute Gasteiger partial charge is 0.342 e. The fourth-order valence-corrected chi connectivity index (χ4v) is 6.58. The van der Waals surface area contributed by atoms with Gasteiger partial charge in [0.05, 0.1) is 4.75 Å². The van der Waals surface area contributed by atoms with Gasteiger partial charge in [-0.25, -0.2) is 0 Å². The molecule has 2 nitrogen and oxygen atoms in total. The zero-order valence-corrected chi connectivity index (χ0v) is 15.1. The minimum Gasteiger partial charge on any atom is -0.342 e. The van der Waals surface area contributed by atoms with Crippen molar-refractivity contribution in [2.24, 2.45) is 0 Å². The molecule has 1 heterocycles. The van der Waals surface area contributed by atoms with Crippen molar-refractivity contribution in [2.75, 3.05) is 0 Å². The van der Waals surface area contributed by atoms with Gasteiger partial charge in [-0.2, -0.15) is 0 Å². The van der Waals surface area contributed by atoms with Crippen molar-refractivity contribution in [3.63, 3.8) is 0 Å².